The standard InChI is InChI=1S/C12H19N3O5S/c1-9(2)20-12(16)15-21(17,18)14-7-8-19-11-6-4-3-5-10(11)13/h3-6,9,14H,7-8,13H2,1-2H3,(H,15,16). The number of para-hydroxylation sites is 2. The first-order valence-corrected chi connectivity index (χ1v) is 7.74. The van der Waals surface area contributed by atoms with E-state index in [1.165, 1.54) is 0 Å². The summed E-state index contributed by atoms with van der Waals surface area (Å²) in [6, 6.07) is 6.85. The first-order valence-electron chi connectivity index (χ1n) is 6.25. The van der Waals surface area contributed by atoms with Crippen LogP contribution in [0.3, 0.4) is 0 Å². The van der Waals surface area contributed by atoms with E-state index in [0.29, 0.717) is 11.4 Å². The second-order valence-electron chi connectivity index (χ2n) is 4.34. The quantitative estimate of drug-likeness (QED) is 0.501. The van der Waals surface area contributed by atoms with Gasteiger partial charge < -0.3 is 15.2 Å². The van der Waals surface area contributed by atoms with Crippen molar-refractivity contribution in [3.63, 3.8) is 0 Å². The SMILES string of the molecule is CC(C)OC(=O)NS(=O)(=O)NCCOc1ccccc1N. The number of hydrogen-bond donors (Lipinski definition) is 3. The number of nitrogens with one attached hydrogen (secondary N) is 2. The highest BCUT2D eigenvalue weighted by Gasteiger charge is 2.15. The summed E-state index contributed by atoms with van der Waals surface area (Å²) in [6.45, 7) is 3.25. The Morgan fingerprint density at radius 1 is 1.33 bits per heavy atom. The Hall–Kier alpha value is -2.00. The zero-order valence-electron chi connectivity index (χ0n) is 11.8. The Balaban J connectivity index is 2.34. The maximum absolute atomic E-state index is 11.5. The molecular weight excluding hydrogens is 298 g/mol. The van der Waals surface area contributed by atoms with Crippen LogP contribution in [0.25, 0.3) is 0 Å². The molecule has 0 atom stereocenters. The normalized spacial score (nSPS) is 11.2. The lowest BCUT2D eigenvalue weighted by Crippen LogP contribution is -2.42. The molecule has 0 heterocycles. The van der Waals surface area contributed by atoms with Gasteiger partial charge in [-0.25, -0.2) is 9.52 Å². The topological polar surface area (TPSA) is 120 Å². The van der Waals surface area contributed by atoms with Gasteiger partial charge in [0.2, 0.25) is 0 Å². The maximum Gasteiger partial charge on any atom is 0.422 e. The van der Waals surface area contributed by atoms with E-state index in [0.717, 1.165) is 0 Å². The number of rotatable bonds is 7. The molecule has 0 saturated heterocycles. The molecule has 0 unspecified atom stereocenters. The summed E-state index contributed by atoms with van der Waals surface area (Å²) in [5, 5.41) is 0. The van der Waals surface area contributed by atoms with Crippen molar-refractivity contribution in [3.05, 3.63) is 24.3 Å². The van der Waals surface area contributed by atoms with Crippen LogP contribution in [0.5, 0.6) is 5.75 Å². The number of hydrogen-bond acceptors (Lipinski definition) is 6. The fourth-order valence-electron chi connectivity index (χ4n) is 1.33. The van der Waals surface area contributed by atoms with Gasteiger partial charge in [-0.1, -0.05) is 12.1 Å². The number of nitrogen functional groups attached to an aromatic ring is 1. The van der Waals surface area contributed by atoms with Crippen molar-refractivity contribution in [2.45, 2.75) is 20.0 Å². The third-order valence-electron chi connectivity index (χ3n) is 2.13. The average Bonchev–Trinajstić information content (AvgIpc) is 2.34. The van der Waals surface area contributed by atoms with E-state index < -0.39 is 22.4 Å². The third-order valence-corrected chi connectivity index (χ3v) is 3.15. The van der Waals surface area contributed by atoms with E-state index >= 15 is 0 Å². The molecule has 118 valence electrons. The van der Waals surface area contributed by atoms with E-state index in [4.69, 9.17) is 10.5 Å². The summed E-state index contributed by atoms with van der Waals surface area (Å²) in [5.74, 6) is 0.462. The van der Waals surface area contributed by atoms with E-state index in [1.54, 1.807) is 42.8 Å². The number of carbonyl (C=O) groups excluding carboxylic acids is 1. The van der Waals surface area contributed by atoms with Crippen molar-refractivity contribution >= 4 is 22.0 Å². The van der Waals surface area contributed by atoms with Crippen molar-refractivity contribution < 1.29 is 22.7 Å². The Morgan fingerprint density at radius 3 is 2.62 bits per heavy atom. The summed E-state index contributed by atoms with van der Waals surface area (Å²) in [7, 11) is -3.98. The van der Waals surface area contributed by atoms with Crippen LogP contribution in [0.15, 0.2) is 24.3 Å². The van der Waals surface area contributed by atoms with Gasteiger partial charge in [-0.05, 0) is 26.0 Å². The molecule has 9 heteroatoms. The Morgan fingerprint density at radius 2 is 2.00 bits per heavy atom. The largest absolute Gasteiger partial charge is 0.490 e. The van der Waals surface area contributed by atoms with Crippen molar-refractivity contribution in [1.82, 2.24) is 9.44 Å². The van der Waals surface area contributed by atoms with E-state index in [2.05, 4.69) is 9.46 Å². The highest BCUT2D eigenvalue weighted by molar-refractivity contribution is 7.88. The van der Waals surface area contributed by atoms with Gasteiger partial charge in [-0.3, -0.25) is 0 Å². The molecule has 0 bridgehead atoms. The zero-order valence-corrected chi connectivity index (χ0v) is 12.6. The van der Waals surface area contributed by atoms with Gasteiger partial charge in [0, 0.05) is 6.54 Å². The maximum atomic E-state index is 11.5. The van der Waals surface area contributed by atoms with Crippen molar-refractivity contribution in [2.24, 2.45) is 0 Å². The molecule has 1 amide bonds. The summed E-state index contributed by atoms with van der Waals surface area (Å²) in [6.07, 6.45) is -1.45. The van der Waals surface area contributed by atoms with Crippen LogP contribution in [0.2, 0.25) is 0 Å². The van der Waals surface area contributed by atoms with Crippen LogP contribution in [0.4, 0.5) is 10.5 Å². The molecule has 0 aliphatic heterocycles. The van der Waals surface area contributed by atoms with Crippen LogP contribution in [0, 0.1) is 0 Å². The second kappa shape index (κ2) is 7.70. The lowest BCUT2D eigenvalue weighted by molar-refractivity contribution is 0.121. The number of amides is 1. The van der Waals surface area contributed by atoms with Gasteiger partial charge in [-0.2, -0.15) is 13.1 Å². The third kappa shape index (κ3) is 6.82. The van der Waals surface area contributed by atoms with Crippen molar-refractivity contribution in [3.8, 4) is 5.75 Å². The lowest BCUT2D eigenvalue weighted by atomic mass is 10.3. The molecule has 21 heavy (non-hydrogen) atoms. The van der Waals surface area contributed by atoms with Gasteiger partial charge in [0.15, 0.2) is 0 Å². The predicted molar refractivity (Wildman–Crippen MR) is 78.0 cm³/mol. The number of carbonyl (C=O) groups is 1. The average molecular weight is 317 g/mol. The van der Waals surface area contributed by atoms with Gasteiger partial charge in [-0.15, -0.1) is 0 Å². The number of anilines is 1. The highest BCUT2D eigenvalue weighted by atomic mass is 32.2. The first kappa shape index (κ1) is 17.1. The van der Waals surface area contributed by atoms with Gasteiger partial charge in [0.25, 0.3) is 0 Å². The van der Waals surface area contributed by atoms with Gasteiger partial charge in [0.05, 0.1) is 11.8 Å². The van der Waals surface area contributed by atoms with E-state index in [1.807, 2.05) is 0 Å². The van der Waals surface area contributed by atoms with Crippen LogP contribution in [-0.2, 0) is 14.9 Å². The molecule has 1 aromatic carbocycles. The number of benzene rings is 1. The summed E-state index contributed by atoms with van der Waals surface area (Å²) in [5.41, 5.74) is 6.12. The zero-order chi connectivity index (χ0) is 15.9. The van der Waals surface area contributed by atoms with Crippen LogP contribution < -0.4 is 19.9 Å². The Labute approximate surface area is 123 Å². The van der Waals surface area contributed by atoms with Crippen LogP contribution >= 0.6 is 0 Å². The Kier molecular flexibility index (Phi) is 6.25. The molecule has 0 spiro atoms. The number of ether oxygens (including phenoxy) is 2. The van der Waals surface area contributed by atoms with Gasteiger partial charge >= 0.3 is 16.3 Å². The fourth-order valence-corrected chi connectivity index (χ4v) is 2.02. The second-order valence-corrected chi connectivity index (χ2v) is 5.84. The molecule has 1 aromatic rings. The summed E-state index contributed by atoms with van der Waals surface area (Å²) in [4.78, 5) is 11.2. The molecule has 0 radical (unpaired) electrons. The summed E-state index contributed by atoms with van der Waals surface area (Å²) >= 11 is 0. The number of nitrogens with two attached hydrogens (primary N) is 1. The van der Waals surface area contributed by atoms with Gasteiger partial charge in [0.1, 0.15) is 12.4 Å². The molecular formula is C12H19N3O5S. The lowest BCUT2D eigenvalue weighted by Gasteiger charge is -2.11. The van der Waals surface area contributed by atoms with Crippen LogP contribution in [0.1, 0.15) is 13.8 Å². The first-order chi connectivity index (χ1) is 9.80. The van der Waals surface area contributed by atoms with Crippen molar-refractivity contribution in [2.75, 3.05) is 18.9 Å². The van der Waals surface area contributed by atoms with Crippen LogP contribution in [-0.4, -0.2) is 33.8 Å². The smallest absolute Gasteiger partial charge is 0.422 e. The highest BCUT2D eigenvalue weighted by Crippen LogP contribution is 2.19. The molecule has 8 nitrogen and oxygen atoms in total. The monoisotopic (exact) mass is 317 g/mol. The minimum atomic E-state index is -3.98. The summed E-state index contributed by atoms with van der Waals surface area (Å²) < 4.78 is 36.8. The molecule has 0 fully saturated rings. The van der Waals surface area contributed by atoms with Crippen molar-refractivity contribution in [1.29, 1.82) is 0 Å². The fraction of sp³-hybridized carbons (Fsp3) is 0.417. The van der Waals surface area contributed by atoms with E-state index in [9.17, 15) is 13.2 Å². The molecule has 0 aromatic heterocycles. The molecule has 4 N–H and O–H groups in total. The molecule has 0 aliphatic rings. The minimum absolute atomic E-state index is 0.0291. The predicted octanol–water partition coefficient (Wildman–Crippen LogP) is 0.617. The minimum Gasteiger partial charge on any atom is -0.490 e. The molecule has 0 aliphatic carbocycles. The Bertz CT molecular complexity index is 574. The van der Waals surface area contributed by atoms with E-state index in [-0.39, 0.29) is 13.2 Å². The molecule has 1 rings (SSSR count). The molecule has 0 saturated carbocycles.